The van der Waals surface area contributed by atoms with Crippen molar-refractivity contribution in [1.29, 1.82) is 0 Å². The lowest BCUT2D eigenvalue weighted by molar-refractivity contribution is -0.196. The van der Waals surface area contributed by atoms with Crippen LogP contribution in [0.5, 0.6) is 11.5 Å². The highest BCUT2D eigenvalue weighted by Crippen LogP contribution is 2.39. The topological polar surface area (TPSA) is 126 Å². The molecule has 0 spiro atoms. The van der Waals surface area contributed by atoms with Crippen LogP contribution >= 0.6 is 0 Å². The maximum absolute atomic E-state index is 13.9. The van der Waals surface area contributed by atoms with Crippen LogP contribution in [-0.4, -0.2) is 70.0 Å². The monoisotopic (exact) mass is 627 g/mol. The zero-order valence-corrected chi connectivity index (χ0v) is 27.2. The first-order valence-electron chi connectivity index (χ1n) is 15.6. The van der Waals surface area contributed by atoms with Crippen molar-refractivity contribution in [2.24, 2.45) is 7.05 Å². The van der Waals surface area contributed by atoms with Gasteiger partial charge in [-0.3, -0.25) is 19.2 Å². The van der Waals surface area contributed by atoms with Crippen molar-refractivity contribution in [2.45, 2.75) is 53.0 Å². The van der Waals surface area contributed by atoms with Crippen molar-refractivity contribution >= 4 is 28.7 Å². The number of ether oxygens (including phenoxy) is 1. The molecule has 2 N–H and O–H groups in total. The third kappa shape index (κ3) is 6.55. The third-order valence-electron chi connectivity index (χ3n) is 8.50. The summed E-state index contributed by atoms with van der Waals surface area (Å²) < 4.78 is 8.08. The highest BCUT2D eigenvalue weighted by Gasteiger charge is 2.28. The van der Waals surface area contributed by atoms with Gasteiger partial charge in [0.2, 0.25) is 0 Å². The van der Waals surface area contributed by atoms with Gasteiger partial charge in [0, 0.05) is 74.5 Å². The Balaban J connectivity index is 1.55. The van der Waals surface area contributed by atoms with E-state index in [1.807, 2.05) is 45.0 Å². The number of hydrogen-bond donors (Lipinski definition) is 2. The third-order valence-corrected chi connectivity index (χ3v) is 8.50. The molecule has 0 saturated carbocycles. The Labute approximate surface area is 268 Å². The number of hydroxylamine groups is 2. The van der Waals surface area contributed by atoms with Gasteiger partial charge in [-0.15, -0.1) is 5.06 Å². The highest BCUT2D eigenvalue weighted by atomic mass is 16.7. The first-order chi connectivity index (χ1) is 22.0. The van der Waals surface area contributed by atoms with E-state index in [9.17, 15) is 19.2 Å². The minimum atomic E-state index is -0.308. The predicted octanol–water partition coefficient (Wildman–Crippen LogP) is 5.10. The van der Waals surface area contributed by atoms with Gasteiger partial charge in [-0.25, -0.2) is 0 Å². The summed E-state index contributed by atoms with van der Waals surface area (Å²) in [5.41, 5.74) is 3.96. The normalized spacial score (nSPS) is 13.9. The summed E-state index contributed by atoms with van der Waals surface area (Å²) in [7, 11) is 3.45. The molecule has 1 fully saturated rings. The average Bonchev–Trinajstić information content (AvgIpc) is 3.50. The summed E-state index contributed by atoms with van der Waals surface area (Å²) in [5.74, 6) is 0.382. The highest BCUT2D eigenvalue weighted by molar-refractivity contribution is 6.04. The van der Waals surface area contributed by atoms with Crippen LogP contribution in [0.2, 0.25) is 0 Å². The number of aromatic nitrogens is 2. The molecule has 11 nitrogen and oxygen atoms in total. The van der Waals surface area contributed by atoms with Crippen LogP contribution < -0.4 is 15.6 Å². The van der Waals surface area contributed by atoms with E-state index in [1.54, 1.807) is 55.4 Å². The first kappa shape index (κ1) is 32.5. The minimum absolute atomic E-state index is 0.0254. The van der Waals surface area contributed by atoms with Gasteiger partial charge in [0.25, 0.3) is 17.4 Å². The van der Waals surface area contributed by atoms with E-state index < -0.39 is 0 Å². The molecule has 1 aliphatic rings. The summed E-state index contributed by atoms with van der Waals surface area (Å²) in [6.45, 7) is 9.05. The lowest BCUT2D eigenvalue weighted by Gasteiger charge is -2.35. The number of fused-ring (bicyclic) bond motifs is 1. The van der Waals surface area contributed by atoms with E-state index in [4.69, 9.17) is 9.57 Å². The fourth-order valence-electron chi connectivity index (χ4n) is 5.86. The fourth-order valence-corrected chi connectivity index (χ4v) is 5.86. The SMILES string of the molecule is CCNC(=O)c1cc2c(-c3ccc(C(=O)N(C)C4CCN(OC(=O)CC)CC4)cc3Oc3c(C)cccc3C)cn(C)c(=O)c2[nH]1. The van der Waals surface area contributed by atoms with Gasteiger partial charge in [-0.2, -0.15) is 0 Å². The van der Waals surface area contributed by atoms with E-state index in [0.717, 1.165) is 11.1 Å². The lowest BCUT2D eigenvalue weighted by atomic mass is 9.99. The van der Waals surface area contributed by atoms with Crippen LogP contribution in [0.3, 0.4) is 0 Å². The molecule has 0 unspecified atom stereocenters. The van der Waals surface area contributed by atoms with Gasteiger partial charge < -0.3 is 29.3 Å². The first-order valence-corrected chi connectivity index (χ1v) is 15.6. The molecule has 0 aliphatic carbocycles. The van der Waals surface area contributed by atoms with Gasteiger partial charge in [0.05, 0.1) is 0 Å². The summed E-state index contributed by atoms with van der Waals surface area (Å²) in [5, 5.41) is 5.01. The predicted molar refractivity (Wildman–Crippen MR) is 176 cm³/mol. The summed E-state index contributed by atoms with van der Waals surface area (Å²) in [4.78, 5) is 61.5. The Morgan fingerprint density at radius 1 is 1.02 bits per heavy atom. The molecular formula is C35H41N5O6. The number of rotatable bonds is 9. The van der Waals surface area contributed by atoms with Crippen molar-refractivity contribution in [1.82, 2.24) is 24.8 Å². The number of para-hydroxylation sites is 1. The molecule has 1 aliphatic heterocycles. The van der Waals surface area contributed by atoms with Gasteiger partial charge >= 0.3 is 5.97 Å². The van der Waals surface area contributed by atoms with Crippen molar-refractivity contribution in [3.05, 3.63) is 81.4 Å². The minimum Gasteiger partial charge on any atom is -0.456 e. The molecule has 2 amide bonds. The molecule has 11 heteroatoms. The number of pyridine rings is 1. The van der Waals surface area contributed by atoms with Crippen molar-refractivity contribution in [3.63, 3.8) is 0 Å². The largest absolute Gasteiger partial charge is 0.456 e. The summed E-state index contributed by atoms with van der Waals surface area (Å²) >= 11 is 0. The zero-order chi connectivity index (χ0) is 33.1. The van der Waals surface area contributed by atoms with Gasteiger partial charge in [0.1, 0.15) is 22.7 Å². The summed E-state index contributed by atoms with van der Waals surface area (Å²) in [6.07, 6.45) is 3.37. The Bertz CT molecular complexity index is 1830. The molecule has 0 radical (unpaired) electrons. The number of nitrogens with one attached hydrogen (secondary N) is 2. The number of carbonyl (C=O) groups excluding carboxylic acids is 3. The van der Waals surface area contributed by atoms with E-state index in [1.165, 1.54) is 4.57 Å². The maximum atomic E-state index is 13.9. The molecule has 5 rings (SSSR count). The number of aromatic amines is 1. The van der Waals surface area contributed by atoms with Crippen LogP contribution in [-0.2, 0) is 16.7 Å². The second kappa shape index (κ2) is 13.6. The van der Waals surface area contributed by atoms with E-state index in [0.29, 0.717) is 78.0 Å². The Morgan fingerprint density at radius 3 is 2.37 bits per heavy atom. The maximum Gasteiger partial charge on any atom is 0.324 e. The van der Waals surface area contributed by atoms with Gasteiger partial charge in [0.15, 0.2) is 0 Å². The second-order valence-corrected chi connectivity index (χ2v) is 11.7. The molecule has 46 heavy (non-hydrogen) atoms. The second-order valence-electron chi connectivity index (χ2n) is 11.7. The number of benzene rings is 2. The molecule has 1 saturated heterocycles. The number of piperidine rings is 1. The van der Waals surface area contributed by atoms with Crippen LogP contribution in [0.25, 0.3) is 22.0 Å². The summed E-state index contributed by atoms with van der Waals surface area (Å²) in [6, 6.07) is 12.9. The average molecular weight is 628 g/mol. The molecule has 4 aromatic rings. The van der Waals surface area contributed by atoms with Crippen LogP contribution in [0, 0.1) is 13.8 Å². The van der Waals surface area contributed by atoms with Crippen LogP contribution in [0.1, 0.15) is 65.1 Å². The van der Waals surface area contributed by atoms with E-state index in [-0.39, 0.29) is 35.1 Å². The molecule has 0 bridgehead atoms. The van der Waals surface area contributed by atoms with E-state index >= 15 is 0 Å². The fraction of sp³-hybridized carbons (Fsp3) is 0.371. The standard InChI is InChI=1S/C35H41N5O6/c1-7-30(41)46-40-16-14-24(15-17-40)39(6)34(43)23-12-13-25(29(18-23)45-32-21(3)10-9-11-22(32)4)27-20-38(5)35(44)31-26(27)19-28(37-31)33(42)36-8-2/h9-13,18-20,24,37H,7-8,14-17H2,1-6H3,(H,36,42). The van der Waals surface area contributed by atoms with Gasteiger partial charge in [-0.1, -0.05) is 25.1 Å². The number of hydrogen-bond acceptors (Lipinski definition) is 7. The Morgan fingerprint density at radius 2 is 1.72 bits per heavy atom. The molecule has 2 aromatic heterocycles. The number of aryl methyl sites for hydroxylation is 3. The van der Waals surface area contributed by atoms with Crippen molar-refractivity contribution < 1.29 is 24.0 Å². The Kier molecular flexibility index (Phi) is 9.62. The smallest absolute Gasteiger partial charge is 0.324 e. The number of H-pyrrole nitrogens is 1. The number of nitrogens with zero attached hydrogens (tertiary/aromatic N) is 3. The van der Waals surface area contributed by atoms with Crippen LogP contribution in [0.4, 0.5) is 0 Å². The van der Waals surface area contributed by atoms with Crippen molar-refractivity contribution in [2.75, 3.05) is 26.7 Å². The van der Waals surface area contributed by atoms with E-state index in [2.05, 4.69) is 10.3 Å². The molecule has 0 atom stereocenters. The van der Waals surface area contributed by atoms with Crippen molar-refractivity contribution in [3.8, 4) is 22.6 Å². The Hall–Kier alpha value is -4.90. The zero-order valence-electron chi connectivity index (χ0n) is 27.2. The molecule has 3 heterocycles. The number of amides is 2. The molecule has 2 aromatic carbocycles. The van der Waals surface area contributed by atoms with Crippen LogP contribution in [0.15, 0.2) is 53.5 Å². The quantitative estimate of drug-likeness (QED) is 0.265. The number of carbonyl (C=O) groups is 3. The lowest BCUT2D eigenvalue weighted by Crippen LogP contribution is -2.46. The molecular weight excluding hydrogens is 586 g/mol. The van der Waals surface area contributed by atoms with Gasteiger partial charge in [-0.05, 0) is 69.0 Å². The molecule has 242 valence electrons.